The zero-order chi connectivity index (χ0) is 23.6. The van der Waals surface area contributed by atoms with E-state index in [1.807, 2.05) is 0 Å². The standard InChI is InChI=1S/C29H32F4/c1-3-5-20-6-8-21(9-7-20)22-10-12-23(13-11-22)24-14-16-25(17-15-24)27-19-18-26(4-2)28(30,31)29(27,32)33/h10-21H,3-9H2,1-2H3. The van der Waals surface area contributed by atoms with E-state index in [1.54, 1.807) is 12.1 Å². The van der Waals surface area contributed by atoms with Crippen molar-refractivity contribution in [3.63, 3.8) is 0 Å². The van der Waals surface area contributed by atoms with E-state index in [-0.39, 0.29) is 12.0 Å². The lowest BCUT2D eigenvalue weighted by molar-refractivity contribution is -0.149. The minimum Gasteiger partial charge on any atom is -0.194 e. The maximum absolute atomic E-state index is 14.6. The van der Waals surface area contributed by atoms with Crippen molar-refractivity contribution in [3.8, 4) is 11.1 Å². The van der Waals surface area contributed by atoms with Crippen LogP contribution in [0, 0.1) is 5.92 Å². The summed E-state index contributed by atoms with van der Waals surface area (Å²) in [7, 11) is 0. The lowest BCUT2D eigenvalue weighted by Crippen LogP contribution is -2.44. The molecule has 33 heavy (non-hydrogen) atoms. The second-order valence-electron chi connectivity index (χ2n) is 9.48. The Labute approximate surface area is 194 Å². The molecular formula is C29H32F4. The molecule has 0 aromatic heterocycles. The fourth-order valence-corrected chi connectivity index (χ4v) is 5.36. The van der Waals surface area contributed by atoms with Crippen LogP contribution in [0.2, 0.25) is 0 Å². The molecule has 4 heteroatoms. The summed E-state index contributed by atoms with van der Waals surface area (Å²) < 4.78 is 57.9. The van der Waals surface area contributed by atoms with Gasteiger partial charge in [0, 0.05) is 11.1 Å². The van der Waals surface area contributed by atoms with Gasteiger partial charge in [-0.25, -0.2) is 0 Å². The quantitative estimate of drug-likeness (QED) is 0.380. The number of hydrogen-bond acceptors (Lipinski definition) is 0. The Bertz CT molecular complexity index is 1000. The molecule has 176 valence electrons. The van der Waals surface area contributed by atoms with Crippen LogP contribution in [0.1, 0.15) is 75.8 Å². The van der Waals surface area contributed by atoms with E-state index in [0.717, 1.165) is 29.2 Å². The van der Waals surface area contributed by atoms with E-state index in [1.165, 1.54) is 63.1 Å². The molecule has 0 unspecified atom stereocenters. The summed E-state index contributed by atoms with van der Waals surface area (Å²) in [6.07, 6.45) is 9.83. The van der Waals surface area contributed by atoms with E-state index < -0.39 is 23.0 Å². The first kappa shape index (κ1) is 23.8. The molecule has 0 atom stereocenters. The Morgan fingerprint density at radius 2 is 1.24 bits per heavy atom. The predicted octanol–water partition coefficient (Wildman–Crippen LogP) is 9.43. The van der Waals surface area contributed by atoms with Gasteiger partial charge in [-0.2, -0.15) is 17.6 Å². The van der Waals surface area contributed by atoms with Crippen LogP contribution >= 0.6 is 0 Å². The summed E-state index contributed by atoms with van der Waals surface area (Å²) in [6, 6.07) is 15.0. The number of hydrogen-bond donors (Lipinski definition) is 0. The van der Waals surface area contributed by atoms with Crippen molar-refractivity contribution in [1.82, 2.24) is 0 Å². The first-order valence-corrected chi connectivity index (χ1v) is 12.2. The zero-order valence-corrected chi connectivity index (χ0v) is 19.4. The molecule has 0 amide bonds. The molecule has 0 spiro atoms. The minimum absolute atomic E-state index is 0.110. The van der Waals surface area contributed by atoms with Crippen LogP contribution in [-0.4, -0.2) is 11.8 Å². The normalized spacial score (nSPS) is 24.2. The Morgan fingerprint density at radius 3 is 1.79 bits per heavy atom. The molecular weight excluding hydrogens is 424 g/mol. The van der Waals surface area contributed by atoms with Gasteiger partial charge in [0.2, 0.25) is 0 Å². The highest BCUT2D eigenvalue weighted by Gasteiger charge is 2.61. The highest BCUT2D eigenvalue weighted by molar-refractivity contribution is 5.77. The molecule has 0 N–H and O–H groups in total. The minimum atomic E-state index is -4.23. The van der Waals surface area contributed by atoms with Gasteiger partial charge < -0.3 is 0 Å². The second kappa shape index (κ2) is 9.48. The first-order chi connectivity index (χ1) is 15.8. The summed E-state index contributed by atoms with van der Waals surface area (Å²) in [5, 5.41) is 0. The predicted molar refractivity (Wildman–Crippen MR) is 128 cm³/mol. The Kier molecular flexibility index (Phi) is 6.83. The SMILES string of the molecule is CCCC1CCC(c2ccc(-c3ccc(C4=CC=C(CC)C(F)(F)C4(F)F)cc3)cc2)CC1. The van der Waals surface area contributed by atoms with Gasteiger partial charge in [0.1, 0.15) is 0 Å². The van der Waals surface area contributed by atoms with Gasteiger partial charge in [0.25, 0.3) is 0 Å². The van der Waals surface area contributed by atoms with Gasteiger partial charge in [-0.1, -0.05) is 87.4 Å². The van der Waals surface area contributed by atoms with Crippen LogP contribution in [0.25, 0.3) is 16.7 Å². The largest absolute Gasteiger partial charge is 0.339 e. The molecule has 0 heterocycles. The average molecular weight is 457 g/mol. The highest BCUT2D eigenvalue weighted by atomic mass is 19.3. The van der Waals surface area contributed by atoms with E-state index >= 15 is 0 Å². The molecule has 2 aliphatic rings. The molecule has 0 aliphatic heterocycles. The van der Waals surface area contributed by atoms with Crippen molar-refractivity contribution < 1.29 is 17.6 Å². The third-order valence-corrected chi connectivity index (χ3v) is 7.42. The Hall–Kier alpha value is -2.36. The summed E-state index contributed by atoms with van der Waals surface area (Å²) in [5.74, 6) is -6.92. The Balaban J connectivity index is 1.49. The monoisotopic (exact) mass is 456 g/mol. The summed E-state index contributed by atoms with van der Waals surface area (Å²) in [4.78, 5) is 0. The average Bonchev–Trinajstić information content (AvgIpc) is 2.82. The molecule has 0 radical (unpaired) electrons. The van der Waals surface area contributed by atoms with Crippen molar-refractivity contribution in [2.24, 2.45) is 5.92 Å². The van der Waals surface area contributed by atoms with Crippen LogP contribution < -0.4 is 0 Å². The summed E-state index contributed by atoms with van der Waals surface area (Å²) >= 11 is 0. The van der Waals surface area contributed by atoms with Crippen molar-refractivity contribution in [2.45, 2.75) is 76.6 Å². The molecule has 2 aromatic rings. The van der Waals surface area contributed by atoms with Crippen molar-refractivity contribution >= 4 is 5.57 Å². The van der Waals surface area contributed by atoms with E-state index in [2.05, 4.69) is 31.2 Å². The number of alkyl halides is 4. The van der Waals surface area contributed by atoms with Gasteiger partial charge in [-0.3, -0.25) is 0 Å². The molecule has 2 aromatic carbocycles. The van der Waals surface area contributed by atoms with E-state index in [9.17, 15) is 17.6 Å². The van der Waals surface area contributed by atoms with Crippen LogP contribution in [0.5, 0.6) is 0 Å². The summed E-state index contributed by atoms with van der Waals surface area (Å²) in [6.45, 7) is 3.72. The van der Waals surface area contributed by atoms with Gasteiger partial charge in [-0.15, -0.1) is 0 Å². The van der Waals surface area contributed by atoms with Crippen LogP contribution in [0.3, 0.4) is 0 Å². The molecule has 0 saturated heterocycles. The first-order valence-electron chi connectivity index (χ1n) is 12.2. The van der Waals surface area contributed by atoms with E-state index in [0.29, 0.717) is 5.92 Å². The van der Waals surface area contributed by atoms with Gasteiger partial charge >= 0.3 is 11.8 Å². The smallest absolute Gasteiger partial charge is 0.194 e. The fraction of sp³-hybridized carbons (Fsp3) is 0.448. The number of allylic oxidation sites excluding steroid dienone is 4. The fourth-order valence-electron chi connectivity index (χ4n) is 5.36. The number of rotatable bonds is 6. The van der Waals surface area contributed by atoms with E-state index in [4.69, 9.17) is 0 Å². The van der Waals surface area contributed by atoms with Gasteiger partial charge in [0.15, 0.2) is 0 Å². The van der Waals surface area contributed by atoms with Gasteiger partial charge in [0.05, 0.1) is 0 Å². The number of benzene rings is 2. The Morgan fingerprint density at radius 1 is 0.697 bits per heavy atom. The number of halogens is 4. The topological polar surface area (TPSA) is 0 Å². The maximum atomic E-state index is 14.6. The van der Waals surface area contributed by atoms with Crippen molar-refractivity contribution in [3.05, 3.63) is 77.4 Å². The third-order valence-electron chi connectivity index (χ3n) is 7.42. The van der Waals surface area contributed by atoms with Crippen LogP contribution in [0.15, 0.2) is 66.3 Å². The second-order valence-corrected chi connectivity index (χ2v) is 9.48. The molecule has 1 fully saturated rings. The highest BCUT2D eigenvalue weighted by Crippen LogP contribution is 2.51. The van der Waals surface area contributed by atoms with Crippen molar-refractivity contribution in [1.29, 1.82) is 0 Å². The maximum Gasteiger partial charge on any atom is 0.339 e. The lowest BCUT2D eigenvalue weighted by Gasteiger charge is -2.33. The van der Waals surface area contributed by atoms with Crippen molar-refractivity contribution in [2.75, 3.05) is 0 Å². The molecule has 2 aliphatic carbocycles. The van der Waals surface area contributed by atoms with Crippen LogP contribution in [-0.2, 0) is 0 Å². The molecule has 1 saturated carbocycles. The zero-order valence-electron chi connectivity index (χ0n) is 19.4. The van der Waals surface area contributed by atoms with Crippen LogP contribution in [0.4, 0.5) is 17.6 Å². The van der Waals surface area contributed by atoms with Gasteiger partial charge in [-0.05, 0) is 66.2 Å². The molecule has 0 nitrogen and oxygen atoms in total. The molecule has 4 rings (SSSR count). The summed E-state index contributed by atoms with van der Waals surface area (Å²) in [5.41, 5.74) is 2.19. The molecule has 0 bridgehead atoms. The lowest BCUT2D eigenvalue weighted by atomic mass is 9.77. The third kappa shape index (κ3) is 4.54.